The molecule has 2 heterocycles. The van der Waals surface area contributed by atoms with Crippen LogP contribution in [-0.2, 0) is 11.3 Å². The van der Waals surface area contributed by atoms with E-state index in [1.54, 1.807) is 18.2 Å². The zero-order valence-electron chi connectivity index (χ0n) is 15.5. The lowest BCUT2D eigenvalue weighted by Crippen LogP contribution is -2.49. The van der Waals surface area contributed by atoms with E-state index in [1.165, 1.54) is 11.6 Å². The van der Waals surface area contributed by atoms with Gasteiger partial charge in [-0.15, -0.1) is 0 Å². The standard InChI is InChI=1S/C22H22N2O4/c25-21(16-27-20-14-22(26)28-19-9-5-4-8-18(19)20)24-12-10-23(11-13-24)15-17-6-2-1-3-7-17/h1-9,14H,10-13,15-16H2. The summed E-state index contributed by atoms with van der Waals surface area (Å²) in [6.45, 7) is 3.81. The lowest BCUT2D eigenvalue weighted by Gasteiger charge is -2.34. The first-order valence-electron chi connectivity index (χ1n) is 9.39. The van der Waals surface area contributed by atoms with Crippen molar-refractivity contribution >= 4 is 16.9 Å². The maximum Gasteiger partial charge on any atom is 0.339 e. The summed E-state index contributed by atoms with van der Waals surface area (Å²) in [5.74, 6) is 0.305. The molecule has 0 atom stereocenters. The van der Waals surface area contributed by atoms with Gasteiger partial charge in [-0.05, 0) is 17.7 Å². The van der Waals surface area contributed by atoms with E-state index in [0.29, 0.717) is 29.8 Å². The first kappa shape index (κ1) is 18.3. The van der Waals surface area contributed by atoms with Gasteiger partial charge in [0.15, 0.2) is 6.61 Å². The fourth-order valence-electron chi connectivity index (χ4n) is 3.43. The number of nitrogens with zero attached hydrogens (tertiary/aromatic N) is 2. The fraction of sp³-hybridized carbons (Fsp3) is 0.273. The zero-order valence-corrected chi connectivity index (χ0v) is 15.5. The van der Waals surface area contributed by atoms with Gasteiger partial charge in [-0.3, -0.25) is 9.69 Å². The number of carbonyl (C=O) groups is 1. The van der Waals surface area contributed by atoms with Crippen LogP contribution in [0.5, 0.6) is 5.75 Å². The fourth-order valence-corrected chi connectivity index (χ4v) is 3.43. The molecule has 28 heavy (non-hydrogen) atoms. The first-order chi connectivity index (χ1) is 13.7. The van der Waals surface area contributed by atoms with Crippen LogP contribution in [0.4, 0.5) is 0 Å². The Balaban J connectivity index is 1.32. The predicted octanol–water partition coefficient (Wildman–Crippen LogP) is 2.52. The number of piperazine rings is 1. The van der Waals surface area contributed by atoms with Crippen molar-refractivity contribution in [3.05, 3.63) is 76.6 Å². The Labute approximate surface area is 162 Å². The molecule has 1 aliphatic rings. The lowest BCUT2D eigenvalue weighted by atomic mass is 10.2. The van der Waals surface area contributed by atoms with Gasteiger partial charge in [0.2, 0.25) is 0 Å². The number of ether oxygens (including phenoxy) is 1. The Morgan fingerprint density at radius 1 is 0.964 bits per heavy atom. The van der Waals surface area contributed by atoms with Gasteiger partial charge in [0, 0.05) is 32.7 Å². The summed E-state index contributed by atoms with van der Waals surface area (Å²) < 4.78 is 10.8. The van der Waals surface area contributed by atoms with Crippen molar-refractivity contribution in [2.24, 2.45) is 0 Å². The van der Waals surface area contributed by atoms with E-state index in [1.807, 2.05) is 29.2 Å². The van der Waals surface area contributed by atoms with E-state index < -0.39 is 5.63 Å². The van der Waals surface area contributed by atoms with Gasteiger partial charge in [0.25, 0.3) is 5.91 Å². The van der Waals surface area contributed by atoms with Crippen LogP contribution in [-0.4, -0.2) is 48.5 Å². The highest BCUT2D eigenvalue weighted by Gasteiger charge is 2.21. The second-order valence-corrected chi connectivity index (χ2v) is 6.86. The van der Waals surface area contributed by atoms with Crippen molar-refractivity contribution < 1.29 is 13.9 Å². The molecule has 1 fully saturated rings. The minimum absolute atomic E-state index is 0.0725. The summed E-state index contributed by atoms with van der Waals surface area (Å²) in [6.07, 6.45) is 0. The van der Waals surface area contributed by atoms with E-state index in [4.69, 9.17) is 9.15 Å². The van der Waals surface area contributed by atoms with Gasteiger partial charge >= 0.3 is 5.63 Å². The maximum atomic E-state index is 12.5. The van der Waals surface area contributed by atoms with E-state index in [0.717, 1.165) is 19.6 Å². The molecular formula is C22H22N2O4. The van der Waals surface area contributed by atoms with Crippen LogP contribution in [0.3, 0.4) is 0 Å². The van der Waals surface area contributed by atoms with Crippen molar-refractivity contribution in [1.29, 1.82) is 0 Å². The molecule has 0 N–H and O–H groups in total. The SMILES string of the molecule is O=C(COc1cc(=O)oc2ccccc12)N1CCN(Cc2ccccc2)CC1. The molecule has 3 aromatic rings. The van der Waals surface area contributed by atoms with Crippen LogP contribution in [0, 0.1) is 0 Å². The number of rotatable bonds is 5. The van der Waals surface area contributed by atoms with Gasteiger partial charge in [0.05, 0.1) is 11.5 Å². The summed E-state index contributed by atoms with van der Waals surface area (Å²) in [6, 6.07) is 18.8. The average molecular weight is 378 g/mol. The number of para-hydroxylation sites is 1. The monoisotopic (exact) mass is 378 g/mol. The van der Waals surface area contributed by atoms with Crippen molar-refractivity contribution in [3.8, 4) is 5.75 Å². The summed E-state index contributed by atoms with van der Waals surface area (Å²) in [4.78, 5) is 28.4. The minimum Gasteiger partial charge on any atom is -0.483 e. The predicted molar refractivity (Wildman–Crippen MR) is 106 cm³/mol. The molecule has 1 aliphatic heterocycles. The third-order valence-corrected chi connectivity index (χ3v) is 4.94. The molecule has 1 amide bonds. The summed E-state index contributed by atoms with van der Waals surface area (Å²) >= 11 is 0. The highest BCUT2D eigenvalue weighted by molar-refractivity contribution is 5.84. The van der Waals surface area contributed by atoms with E-state index in [2.05, 4.69) is 17.0 Å². The van der Waals surface area contributed by atoms with Gasteiger partial charge in [-0.2, -0.15) is 0 Å². The van der Waals surface area contributed by atoms with Crippen LogP contribution >= 0.6 is 0 Å². The Morgan fingerprint density at radius 3 is 2.46 bits per heavy atom. The van der Waals surface area contributed by atoms with Gasteiger partial charge in [-0.25, -0.2) is 4.79 Å². The molecule has 0 bridgehead atoms. The highest BCUT2D eigenvalue weighted by Crippen LogP contribution is 2.23. The van der Waals surface area contributed by atoms with Crippen molar-refractivity contribution in [1.82, 2.24) is 9.80 Å². The number of hydrogen-bond donors (Lipinski definition) is 0. The van der Waals surface area contributed by atoms with E-state index >= 15 is 0 Å². The van der Waals surface area contributed by atoms with Crippen LogP contribution in [0.2, 0.25) is 0 Å². The quantitative estimate of drug-likeness (QED) is 0.639. The molecule has 1 saturated heterocycles. The number of carbonyl (C=O) groups excluding carboxylic acids is 1. The number of benzene rings is 2. The normalized spacial score (nSPS) is 14.9. The van der Waals surface area contributed by atoms with Gasteiger partial charge in [-0.1, -0.05) is 42.5 Å². The molecule has 144 valence electrons. The molecule has 1 aromatic heterocycles. The maximum absolute atomic E-state index is 12.5. The van der Waals surface area contributed by atoms with Crippen LogP contribution in [0.25, 0.3) is 11.0 Å². The Bertz CT molecular complexity index is 1010. The molecular weight excluding hydrogens is 356 g/mol. The zero-order chi connectivity index (χ0) is 19.3. The molecule has 4 rings (SSSR count). The Kier molecular flexibility index (Phi) is 5.39. The molecule has 0 spiro atoms. The second-order valence-electron chi connectivity index (χ2n) is 6.86. The van der Waals surface area contributed by atoms with Crippen molar-refractivity contribution in [2.75, 3.05) is 32.8 Å². The van der Waals surface area contributed by atoms with Crippen molar-refractivity contribution in [3.63, 3.8) is 0 Å². The average Bonchev–Trinajstić information content (AvgIpc) is 2.73. The smallest absolute Gasteiger partial charge is 0.339 e. The second kappa shape index (κ2) is 8.27. The highest BCUT2D eigenvalue weighted by atomic mass is 16.5. The molecule has 6 heteroatoms. The number of amides is 1. The Hall–Kier alpha value is -3.12. The molecule has 0 radical (unpaired) electrons. The summed E-state index contributed by atoms with van der Waals surface area (Å²) in [5, 5.41) is 0.683. The molecule has 0 unspecified atom stereocenters. The molecule has 6 nitrogen and oxygen atoms in total. The first-order valence-corrected chi connectivity index (χ1v) is 9.39. The van der Waals surface area contributed by atoms with Crippen LogP contribution in [0.15, 0.2) is 69.9 Å². The number of hydrogen-bond acceptors (Lipinski definition) is 5. The topological polar surface area (TPSA) is 63.0 Å². The third-order valence-electron chi connectivity index (χ3n) is 4.94. The van der Waals surface area contributed by atoms with Crippen LogP contribution < -0.4 is 10.4 Å². The Morgan fingerprint density at radius 2 is 1.68 bits per heavy atom. The summed E-state index contributed by atoms with van der Waals surface area (Å²) in [5.41, 5.74) is 1.24. The largest absolute Gasteiger partial charge is 0.483 e. The third kappa shape index (κ3) is 4.23. The lowest BCUT2D eigenvalue weighted by molar-refractivity contribution is -0.135. The molecule has 0 saturated carbocycles. The van der Waals surface area contributed by atoms with Crippen LogP contribution in [0.1, 0.15) is 5.56 Å². The number of fused-ring (bicyclic) bond motifs is 1. The molecule has 2 aromatic carbocycles. The van der Waals surface area contributed by atoms with Crippen molar-refractivity contribution in [2.45, 2.75) is 6.54 Å². The van der Waals surface area contributed by atoms with Gasteiger partial charge in [0.1, 0.15) is 11.3 Å². The van der Waals surface area contributed by atoms with E-state index in [-0.39, 0.29) is 12.5 Å². The molecule has 0 aliphatic carbocycles. The summed E-state index contributed by atoms with van der Waals surface area (Å²) in [7, 11) is 0. The van der Waals surface area contributed by atoms with E-state index in [9.17, 15) is 9.59 Å². The van der Waals surface area contributed by atoms with Gasteiger partial charge < -0.3 is 14.1 Å². The minimum atomic E-state index is -0.490.